The van der Waals surface area contributed by atoms with Crippen molar-refractivity contribution in [3.8, 4) is 28.3 Å². The largest absolute Gasteiger partial charge is 0.500 e. The molecule has 3 aromatic carbocycles. The van der Waals surface area contributed by atoms with Crippen molar-refractivity contribution in [2.45, 2.75) is 6.42 Å². The van der Waals surface area contributed by atoms with Gasteiger partial charge in [-0.3, -0.25) is 9.78 Å². The molecule has 0 fully saturated rings. The molecule has 0 atom stereocenters. The maximum atomic E-state index is 12.6. The molecular weight excluding hydrogens is 679 g/mol. The topological polar surface area (TPSA) is 65.2 Å². The molecule has 3 aromatic heterocycles. The third-order valence-electron chi connectivity index (χ3n) is 6.42. The third-order valence-corrected chi connectivity index (χ3v) is 6.42. The van der Waals surface area contributed by atoms with Crippen LogP contribution in [0.4, 0.5) is 0 Å². The maximum Gasteiger partial charge on any atom is 0.182 e. The van der Waals surface area contributed by atoms with Crippen LogP contribution in [-0.4, -0.2) is 9.97 Å². The molecule has 1 aliphatic heterocycles. The Balaban J connectivity index is 0.000000159. The average molecular weight is 703 g/mol. The van der Waals surface area contributed by atoms with Crippen molar-refractivity contribution < 1.29 is 30.2 Å². The fourth-order valence-corrected chi connectivity index (χ4v) is 4.45. The molecule has 0 spiro atoms. The van der Waals surface area contributed by atoms with Gasteiger partial charge in [0.25, 0.3) is 0 Å². The minimum Gasteiger partial charge on any atom is -0.500 e. The first-order valence-corrected chi connectivity index (χ1v) is 12.5. The molecule has 4 heterocycles. The summed E-state index contributed by atoms with van der Waals surface area (Å²) in [6, 6.07) is 31.6. The van der Waals surface area contributed by atoms with Crippen molar-refractivity contribution in [1.82, 2.24) is 9.97 Å². The minimum atomic E-state index is -0.0296. The molecule has 6 aromatic rings. The number of rotatable bonds is 3. The summed E-state index contributed by atoms with van der Waals surface area (Å²) < 4.78 is 11.5. The van der Waals surface area contributed by atoms with Crippen molar-refractivity contribution in [1.29, 1.82) is 0 Å². The zero-order chi connectivity index (χ0) is 26.6. The summed E-state index contributed by atoms with van der Waals surface area (Å²) in [7, 11) is 0. The number of aromatic nitrogens is 2. The zero-order valence-electron chi connectivity index (χ0n) is 21.3. The summed E-state index contributed by atoms with van der Waals surface area (Å²) in [5.41, 5.74) is 5.96. The van der Waals surface area contributed by atoms with Crippen LogP contribution in [0.3, 0.4) is 0 Å². The first kappa shape index (κ1) is 27.0. The van der Waals surface area contributed by atoms with Gasteiger partial charge in [-0.1, -0.05) is 36.9 Å². The molecule has 198 valence electrons. The normalized spacial score (nSPS) is 11.8. The molecule has 0 radical (unpaired) electrons. The van der Waals surface area contributed by atoms with Crippen LogP contribution >= 0.6 is 0 Å². The molecule has 0 aliphatic carbocycles. The van der Waals surface area contributed by atoms with Crippen LogP contribution < -0.4 is 10.2 Å². The van der Waals surface area contributed by atoms with E-state index in [1.54, 1.807) is 42.7 Å². The van der Waals surface area contributed by atoms with E-state index in [4.69, 9.17) is 9.15 Å². The molecule has 5 nitrogen and oxygen atoms in total. The van der Waals surface area contributed by atoms with E-state index in [1.807, 2.05) is 66.7 Å². The second kappa shape index (κ2) is 12.1. The van der Waals surface area contributed by atoms with Crippen molar-refractivity contribution in [3.63, 3.8) is 0 Å². The van der Waals surface area contributed by atoms with E-state index in [-0.39, 0.29) is 26.5 Å². The minimum absolute atomic E-state index is 0. The fourth-order valence-electron chi connectivity index (χ4n) is 4.45. The molecule has 0 saturated heterocycles. The summed E-state index contributed by atoms with van der Waals surface area (Å²) in [4.78, 5) is 21.2. The Morgan fingerprint density at radius 1 is 0.825 bits per heavy atom. The summed E-state index contributed by atoms with van der Waals surface area (Å²) in [5, 5.41) is 1.14. The van der Waals surface area contributed by atoms with Crippen molar-refractivity contribution in [2.24, 2.45) is 0 Å². The van der Waals surface area contributed by atoms with Crippen LogP contribution in [0.15, 0.2) is 137 Å². The molecule has 6 heteroatoms. The second-order valence-electron chi connectivity index (χ2n) is 8.92. The van der Waals surface area contributed by atoms with E-state index >= 15 is 0 Å². The van der Waals surface area contributed by atoms with Gasteiger partial charge in [0.15, 0.2) is 5.43 Å². The monoisotopic (exact) mass is 702 g/mol. The van der Waals surface area contributed by atoms with E-state index in [0.29, 0.717) is 21.9 Å². The molecule has 40 heavy (non-hydrogen) atoms. The van der Waals surface area contributed by atoms with Gasteiger partial charge in [0.1, 0.15) is 17.1 Å². The van der Waals surface area contributed by atoms with Gasteiger partial charge in [0.05, 0.1) is 16.7 Å². The van der Waals surface area contributed by atoms with Gasteiger partial charge in [0.2, 0.25) is 0 Å². The van der Waals surface area contributed by atoms with Crippen LogP contribution in [0, 0.1) is 6.07 Å². The Morgan fingerprint density at radius 3 is 2.33 bits per heavy atom. The summed E-state index contributed by atoms with van der Waals surface area (Å²) in [6.07, 6.45) is 8.17. The number of para-hydroxylation sites is 1. The standard InChI is InChI=1S/C18H10NO2.C16H13NO.Pt/c20-18-13-5-1-2-7-16(13)21-17-9-8-12(11-14(17)18)15-6-3-4-10-19-15;1-2-14-8-6-13-11-12(7-9-16(13)18-14)15-5-3-4-10-17-15;/h1-7,9-11H;2-5,7-11H,1,6H2;/q-1;;. The van der Waals surface area contributed by atoms with Crippen molar-refractivity contribution >= 4 is 21.9 Å². The van der Waals surface area contributed by atoms with Crippen molar-refractivity contribution in [2.75, 3.05) is 0 Å². The summed E-state index contributed by atoms with van der Waals surface area (Å²) >= 11 is 0. The first-order chi connectivity index (χ1) is 19.2. The summed E-state index contributed by atoms with van der Waals surface area (Å²) in [5.74, 6) is 1.74. The predicted octanol–water partition coefficient (Wildman–Crippen LogP) is 7.56. The van der Waals surface area contributed by atoms with E-state index in [1.165, 1.54) is 5.56 Å². The van der Waals surface area contributed by atoms with Gasteiger partial charge in [-0.15, -0.1) is 23.8 Å². The third kappa shape index (κ3) is 5.56. The zero-order valence-corrected chi connectivity index (χ0v) is 23.6. The first-order valence-electron chi connectivity index (χ1n) is 12.5. The molecular formula is C34H23N2O3Pt-. The molecule has 0 bridgehead atoms. The molecule has 0 unspecified atom stereocenters. The Kier molecular flexibility index (Phi) is 8.14. The molecule has 0 saturated carbocycles. The SMILES string of the molecule is C=CC1=CCc2cc(-c3ccccn3)ccc2O1.O=c1c2ccccc2oc2c[c-]c(-c3ccccn3)cc12.[Pt]. The Hall–Kier alpha value is -4.60. The van der Waals surface area contributed by atoms with Gasteiger partial charge in [0, 0.05) is 39.0 Å². The number of hydrogen-bond acceptors (Lipinski definition) is 5. The van der Waals surface area contributed by atoms with Crippen LogP contribution in [0.2, 0.25) is 0 Å². The Labute approximate surface area is 245 Å². The van der Waals surface area contributed by atoms with Gasteiger partial charge in [-0.05, 0) is 83.7 Å². The molecule has 0 N–H and O–H groups in total. The smallest absolute Gasteiger partial charge is 0.182 e. The van der Waals surface area contributed by atoms with Crippen LogP contribution in [0.5, 0.6) is 5.75 Å². The number of fused-ring (bicyclic) bond motifs is 3. The van der Waals surface area contributed by atoms with Crippen LogP contribution in [0.1, 0.15) is 5.56 Å². The number of ether oxygens (including phenoxy) is 1. The van der Waals surface area contributed by atoms with E-state index in [2.05, 4.69) is 28.7 Å². The average Bonchev–Trinajstić information content (AvgIpc) is 3.02. The number of benzene rings is 3. The van der Waals surface area contributed by atoms with Gasteiger partial charge >= 0.3 is 0 Å². The molecule has 7 rings (SSSR count). The quantitative estimate of drug-likeness (QED) is 0.141. The van der Waals surface area contributed by atoms with E-state index < -0.39 is 0 Å². The fraction of sp³-hybridized carbons (Fsp3) is 0.0294. The maximum absolute atomic E-state index is 12.6. The van der Waals surface area contributed by atoms with E-state index in [0.717, 1.165) is 40.4 Å². The van der Waals surface area contributed by atoms with Gasteiger partial charge in [-0.25, -0.2) is 0 Å². The Bertz CT molecular complexity index is 1900. The summed E-state index contributed by atoms with van der Waals surface area (Å²) in [6.45, 7) is 3.72. The Morgan fingerprint density at radius 2 is 1.57 bits per heavy atom. The van der Waals surface area contributed by atoms with Crippen LogP contribution in [-0.2, 0) is 27.5 Å². The van der Waals surface area contributed by atoms with Crippen molar-refractivity contribution in [3.05, 3.63) is 150 Å². The second-order valence-corrected chi connectivity index (χ2v) is 8.92. The number of pyridine rings is 2. The van der Waals surface area contributed by atoms with Gasteiger partial charge in [-0.2, -0.15) is 0 Å². The van der Waals surface area contributed by atoms with Crippen LogP contribution in [0.25, 0.3) is 44.5 Å². The predicted molar refractivity (Wildman–Crippen MR) is 154 cm³/mol. The van der Waals surface area contributed by atoms with Gasteiger partial charge < -0.3 is 14.1 Å². The number of hydrogen-bond donors (Lipinski definition) is 0. The molecule has 1 aliphatic rings. The van der Waals surface area contributed by atoms with E-state index in [9.17, 15) is 4.79 Å². The number of allylic oxidation sites excluding steroid dienone is 2. The molecule has 0 amide bonds. The number of nitrogens with zero attached hydrogens (tertiary/aromatic N) is 2.